The van der Waals surface area contributed by atoms with Crippen molar-refractivity contribution >= 4 is 34.1 Å². The number of hydrogen-bond acceptors (Lipinski definition) is 6. The van der Waals surface area contributed by atoms with Crippen molar-refractivity contribution in [3.63, 3.8) is 0 Å². The molecule has 23 heavy (non-hydrogen) atoms. The molecule has 0 fully saturated rings. The zero-order valence-electron chi connectivity index (χ0n) is 12.0. The molecule has 2 heterocycles. The molecule has 0 aliphatic carbocycles. The molecular formula is C14H11N5O3S. The molecule has 0 aliphatic heterocycles. The van der Waals surface area contributed by atoms with Crippen molar-refractivity contribution in [2.75, 3.05) is 0 Å². The predicted octanol–water partition coefficient (Wildman–Crippen LogP) is 2.38. The number of amides is 1. The molecule has 1 amide bonds. The van der Waals surface area contributed by atoms with Gasteiger partial charge in [0.05, 0.1) is 16.8 Å². The minimum atomic E-state index is -0.487. The Balaban J connectivity index is 1.76. The number of hydrazone groups is 1. The number of nitro groups is 1. The van der Waals surface area contributed by atoms with Crippen LogP contribution in [0.3, 0.4) is 0 Å². The largest absolute Gasteiger partial charge is 0.290 e. The van der Waals surface area contributed by atoms with Gasteiger partial charge in [0.15, 0.2) is 4.96 Å². The van der Waals surface area contributed by atoms with Gasteiger partial charge in [-0.05, 0) is 6.92 Å². The molecule has 3 rings (SSSR count). The number of rotatable bonds is 4. The number of imidazole rings is 1. The molecule has 0 spiro atoms. The highest BCUT2D eigenvalue weighted by Gasteiger charge is 2.16. The fourth-order valence-corrected chi connectivity index (χ4v) is 2.86. The fourth-order valence-electron chi connectivity index (χ4n) is 2.10. The topological polar surface area (TPSA) is 102 Å². The Bertz CT molecular complexity index is 928. The normalized spacial score (nSPS) is 11.2. The summed E-state index contributed by atoms with van der Waals surface area (Å²) in [6.45, 7) is 1.75. The van der Waals surface area contributed by atoms with Gasteiger partial charge in [0.1, 0.15) is 5.69 Å². The van der Waals surface area contributed by atoms with Crippen LogP contribution in [0.25, 0.3) is 4.96 Å². The molecule has 3 aromatic rings. The van der Waals surface area contributed by atoms with E-state index >= 15 is 0 Å². The number of benzene rings is 1. The molecule has 0 saturated heterocycles. The third-order valence-electron chi connectivity index (χ3n) is 3.11. The van der Waals surface area contributed by atoms with Crippen LogP contribution in [0.5, 0.6) is 0 Å². The fraction of sp³-hybridized carbons (Fsp3) is 0.0714. The number of aromatic nitrogens is 2. The lowest BCUT2D eigenvalue weighted by molar-refractivity contribution is -0.384. The third-order valence-corrected chi connectivity index (χ3v) is 3.87. The first-order valence-corrected chi connectivity index (χ1v) is 7.44. The van der Waals surface area contributed by atoms with E-state index in [2.05, 4.69) is 15.5 Å². The summed E-state index contributed by atoms with van der Waals surface area (Å²) in [6, 6.07) is 5.97. The van der Waals surface area contributed by atoms with Gasteiger partial charge in [0.2, 0.25) is 0 Å². The lowest BCUT2D eigenvalue weighted by Gasteiger charge is -1.99. The van der Waals surface area contributed by atoms with E-state index in [1.165, 1.54) is 29.7 Å². The van der Waals surface area contributed by atoms with Gasteiger partial charge in [-0.3, -0.25) is 19.3 Å². The number of thiazole rings is 1. The van der Waals surface area contributed by atoms with E-state index < -0.39 is 10.8 Å². The average Bonchev–Trinajstić information content (AvgIpc) is 3.07. The maximum atomic E-state index is 12.2. The van der Waals surface area contributed by atoms with Gasteiger partial charge in [0, 0.05) is 29.3 Å². The van der Waals surface area contributed by atoms with Gasteiger partial charge in [0.25, 0.3) is 11.6 Å². The van der Waals surface area contributed by atoms with Gasteiger partial charge in [-0.15, -0.1) is 11.3 Å². The lowest BCUT2D eigenvalue weighted by atomic mass is 10.2. The smallest absolute Gasteiger partial charge is 0.286 e. The Hall–Kier alpha value is -3.07. The number of hydrogen-bond donors (Lipinski definition) is 1. The first-order valence-electron chi connectivity index (χ1n) is 6.56. The van der Waals surface area contributed by atoms with Crippen LogP contribution in [-0.4, -0.2) is 26.4 Å². The highest BCUT2D eigenvalue weighted by molar-refractivity contribution is 7.15. The summed E-state index contributed by atoms with van der Waals surface area (Å²) in [4.78, 5) is 27.5. The zero-order chi connectivity index (χ0) is 16.4. The number of carbonyl (C=O) groups excluding carboxylic acids is 1. The zero-order valence-corrected chi connectivity index (χ0v) is 12.8. The molecule has 8 nitrogen and oxygen atoms in total. The minimum Gasteiger partial charge on any atom is -0.286 e. The van der Waals surface area contributed by atoms with Gasteiger partial charge in [-0.1, -0.05) is 12.1 Å². The van der Waals surface area contributed by atoms with Crippen LogP contribution < -0.4 is 5.43 Å². The van der Waals surface area contributed by atoms with Crippen molar-refractivity contribution < 1.29 is 9.72 Å². The van der Waals surface area contributed by atoms with Crippen LogP contribution in [0.1, 0.15) is 21.7 Å². The third kappa shape index (κ3) is 2.94. The first-order chi connectivity index (χ1) is 11.1. The lowest BCUT2D eigenvalue weighted by Crippen LogP contribution is -2.20. The van der Waals surface area contributed by atoms with E-state index in [1.54, 1.807) is 29.7 Å². The molecule has 116 valence electrons. The van der Waals surface area contributed by atoms with E-state index in [0.717, 1.165) is 4.96 Å². The summed E-state index contributed by atoms with van der Waals surface area (Å²) in [5.41, 5.74) is 3.92. The van der Waals surface area contributed by atoms with Crippen molar-refractivity contribution in [3.8, 4) is 0 Å². The standard InChI is InChI=1S/C14H11N5O3S/c1-9-12(18-5-6-23-14(18)16-9)13(20)17-15-8-10-3-2-4-11(7-10)19(21)22/h2-8H,1H3,(H,17,20)/b15-8-. The van der Waals surface area contributed by atoms with Crippen LogP contribution in [0.2, 0.25) is 0 Å². The second-order valence-electron chi connectivity index (χ2n) is 4.65. The maximum absolute atomic E-state index is 12.2. The monoisotopic (exact) mass is 329 g/mol. The Labute approximate surface area is 134 Å². The van der Waals surface area contributed by atoms with Crippen molar-refractivity contribution in [2.45, 2.75) is 6.92 Å². The molecule has 0 radical (unpaired) electrons. The Morgan fingerprint density at radius 1 is 1.52 bits per heavy atom. The second kappa shape index (κ2) is 5.97. The molecule has 0 bridgehead atoms. The number of fused-ring (bicyclic) bond motifs is 1. The SMILES string of the molecule is Cc1nc2sccn2c1C(=O)N/N=C\c1cccc([N+](=O)[O-])c1. The molecule has 0 aliphatic rings. The minimum absolute atomic E-state index is 0.0353. The maximum Gasteiger partial charge on any atom is 0.290 e. The Morgan fingerprint density at radius 3 is 3.13 bits per heavy atom. The van der Waals surface area contributed by atoms with E-state index in [-0.39, 0.29) is 5.69 Å². The van der Waals surface area contributed by atoms with Crippen molar-refractivity contribution in [2.24, 2.45) is 5.10 Å². The van der Waals surface area contributed by atoms with E-state index in [4.69, 9.17) is 0 Å². The van der Waals surface area contributed by atoms with Crippen LogP contribution in [0.4, 0.5) is 5.69 Å². The van der Waals surface area contributed by atoms with Gasteiger partial charge in [-0.2, -0.15) is 5.10 Å². The van der Waals surface area contributed by atoms with E-state index in [0.29, 0.717) is 17.0 Å². The molecule has 9 heteroatoms. The molecule has 1 N–H and O–H groups in total. The number of carbonyl (C=O) groups is 1. The molecule has 1 aromatic carbocycles. The number of aryl methyl sites for hydroxylation is 1. The summed E-state index contributed by atoms with van der Waals surface area (Å²) in [5, 5.41) is 16.4. The number of nitro benzene ring substituents is 1. The van der Waals surface area contributed by atoms with E-state index in [1.807, 2.05) is 5.38 Å². The predicted molar refractivity (Wildman–Crippen MR) is 86.0 cm³/mol. The van der Waals surface area contributed by atoms with Crippen LogP contribution >= 0.6 is 11.3 Å². The Kier molecular flexibility index (Phi) is 3.85. The quantitative estimate of drug-likeness (QED) is 0.451. The number of nitrogens with one attached hydrogen (secondary N) is 1. The van der Waals surface area contributed by atoms with Gasteiger partial charge in [-0.25, -0.2) is 10.4 Å². The summed E-state index contributed by atoms with van der Waals surface area (Å²) >= 11 is 1.43. The second-order valence-corrected chi connectivity index (χ2v) is 5.53. The van der Waals surface area contributed by atoms with Crippen molar-refractivity contribution in [1.82, 2.24) is 14.8 Å². The number of non-ortho nitro benzene ring substituents is 1. The summed E-state index contributed by atoms with van der Waals surface area (Å²) in [7, 11) is 0. The van der Waals surface area contributed by atoms with Crippen LogP contribution in [0.15, 0.2) is 40.9 Å². The average molecular weight is 329 g/mol. The number of nitrogens with zero attached hydrogens (tertiary/aromatic N) is 4. The molecule has 0 atom stereocenters. The highest BCUT2D eigenvalue weighted by Crippen LogP contribution is 2.16. The Morgan fingerprint density at radius 2 is 2.35 bits per heavy atom. The van der Waals surface area contributed by atoms with Crippen molar-refractivity contribution in [3.05, 3.63) is 62.9 Å². The van der Waals surface area contributed by atoms with Crippen LogP contribution in [0, 0.1) is 17.0 Å². The van der Waals surface area contributed by atoms with Gasteiger partial charge >= 0.3 is 0 Å². The summed E-state index contributed by atoms with van der Waals surface area (Å²) in [6.07, 6.45) is 3.12. The van der Waals surface area contributed by atoms with Gasteiger partial charge < -0.3 is 0 Å². The molecular weight excluding hydrogens is 318 g/mol. The molecule has 2 aromatic heterocycles. The first kappa shape index (κ1) is 14.9. The van der Waals surface area contributed by atoms with Crippen molar-refractivity contribution in [1.29, 1.82) is 0 Å². The molecule has 0 saturated carbocycles. The summed E-state index contributed by atoms with van der Waals surface area (Å²) in [5.74, 6) is -0.393. The summed E-state index contributed by atoms with van der Waals surface area (Å²) < 4.78 is 1.69. The van der Waals surface area contributed by atoms with E-state index in [9.17, 15) is 14.9 Å². The highest BCUT2D eigenvalue weighted by atomic mass is 32.1. The van der Waals surface area contributed by atoms with Crippen LogP contribution in [-0.2, 0) is 0 Å². The molecule has 0 unspecified atom stereocenters.